The standard InChI is InChI=1S/C16H14F3N5O3/c17-16(18,19)27-11-3-1-2-10(4-11)23-7-13-12(23)8-24(13)15-20-5-9(6-21-15)14(25)22-26/h1-6,12-13,26H,7-8H2,(H,22,25)/t12?,13-/m1/s1. The molecule has 2 atom stereocenters. The maximum Gasteiger partial charge on any atom is 0.573 e. The van der Waals surface area contributed by atoms with Crippen LogP contribution < -0.4 is 20.0 Å². The molecule has 11 heteroatoms. The smallest absolute Gasteiger partial charge is 0.406 e. The summed E-state index contributed by atoms with van der Waals surface area (Å²) in [5.41, 5.74) is 2.30. The van der Waals surface area contributed by atoms with Crippen molar-refractivity contribution in [2.75, 3.05) is 22.9 Å². The SMILES string of the molecule is O=C(NO)c1cnc(N2CC3[C@H]2CN3c2cccc(OC(F)(F)F)c2)nc1. The summed E-state index contributed by atoms with van der Waals surface area (Å²) in [5, 5.41) is 8.59. The predicted octanol–water partition coefficient (Wildman–Crippen LogP) is 1.57. The number of aromatic nitrogens is 2. The molecule has 1 aromatic heterocycles. The van der Waals surface area contributed by atoms with Gasteiger partial charge in [-0.3, -0.25) is 10.0 Å². The lowest BCUT2D eigenvalue weighted by molar-refractivity contribution is -0.274. The number of fused-ring (bicyclic) bond motifs is 1. The molecule has 142 valence electrons. The van der Waals surface area contributed by atoms with Crippen LogP contribution in [0, 0.1) is 0 Å². The van der Waals surface area contributed by atoms with Crippen LogP contribution in [0.2, 0.25) is 0 Å². The number of nitrogens with zero attached hydrogens (tertiary/aromatic N) is 4. The van der Waals surface area contributed by atoms with Gasteiger partial charge in [-0.05, 0) is 12.1 Å². The van der Waals surface area contributed by atoms with Crippen LogP contribution in [0.3, 0.4) is 0 Å². The first kappa shape index (κ1) is 17.3. The van der Waals surface area contributed by atoms with Gasteiger partial charge in [0, 0.05) is 37.2 Å². The topological polar surface area (TPSA) is 90.8 Å². The lowest BCUT2D eigenvalue weighted by atomic mass is 9.85. The van der Waals surface area contributed by atoms with E-state index < -0.39 is 12.3 Å². The summed E-state index contributed by atoms with van der Waals surface area (Å²) in [6, 6.07) is 6.18. The van der Waals surface area contributed by atoms with Crippen LogP contribution in [-0.2, 0) is 0 Å². The van der Waals surface area contributed by atoms with Gasteiger partial charge in [-0.25, -0.2) is 15.4 Å². The molecule has 2 fully saturated rings. The number of hydrogen-bond acceptors (Lipinski definition) is 7. The maximum atomic E-state index is 12.4. The van der Waals surface area contributed by atoms with Crippen LogP contribution in [0.25, 0.3) is 0 Å². The summed E-state index contributed by atoms with van der Waals surface area (Å²) in [6.45, 7) is 1.23. The Hall–Kier alpha value is -3.08. The van der Waals surface area contributed by atoms with Crippen LogP contribution in [0.15, 0.2) is 36.7 Å². The second kappa shape index (κ2) is 6.27. The molecule has 0 spiro atoms. The van der Waals surface area contributed by atoms with Gasteiger partial charge in [0.05, 0.1) is 17.6 Å². The summed E-state index contributed by atoms with van der Waals surface area (Å²) in [7, 11) is 0. The van der Waals surface area contributed by atoms with Crippen molar-refractivity contribution in [3.8, 4) is 5.75 Å². The van der Waals surface area contributed by atoms with E-state index in [1.165, 1.54) is 36.1 Å². The summed E-state index contributed by atoms with van der Waals surface area (Å²) in [6.07, 6.45) is -2.09. The van der Waals surface area contributed by atoms with Crippen molar-refractivity contribution in [2.24, 2.45) is 0 Å². The van der Waals surface area contributed by atoms with E-state index in [0.717, 1.165) is 0 Å². The van der Waals surface area contributed by atoms with Gasteiger partial charge in [0.2, 0.25) is 5.95 Å². The molecule has 2 aliphatic heterocycles. The Balaban J connectivity index is 1.40. The highest BCUT2D eigenvalue weighted by Gasteiger charge is 2.52. The molecule has 1 unspecified atom stereocenters. The lowest BCUT2D eigenvalue weighted by Crippen LogP contribution is -2.79. The largest absolute Gasteiger partial charge is 0.573 e. The first-order valence-electron chi connectivity index (χ1n) is 8.01. The molecule has 3 heterocycles. The fourth-order valence-corrected chi connectivity index (χ4v) is 3.29. The first-order chi connectivity index (χ1) is 12.9. The van der Waals surface area contributed by atoms with Gasteiger partial charge in [0.15, 0.2) is 0 Å². The molecular weight excluding hydrogens is 367 g/mol. The van der Waals surface area contributed by atoms with Crippen molar-refractivity contribution < 1.29 is 27.9 Å². The summed E-state index contributed by atoms with van der Waals surface area (Å²) >= 11 is 0. The van der Waals surface area contributed by atoms with Crippen molar-refractivity contribution in [3.05, 3.63) is 42.2 Å². The van der Waals surface area contributed by atoms with Gasteiger partial charge >= 0.3 is 6.36 Å². The molecule has 2 aromatic rings. The van der Waals surface area contributed by atoms with Gasteiger partial charge in [-0.1, -0.05) is 6.07 Å². The zero-order chi connectivity index (χ0) is 19.2. The third-order valence-electron chi connectivity index (χ3n) is 4.65. The van der Waals surface area contributed by atoms with Gasteiger partial charge < -0.3 is 14.5 Å². The Morgan fingerprint density at radius 2 is 1.85 bits per heavy atom. The summed E-state index contributed by atoms with van der Waals surface area (Å²) < 4.78 is 41.1. The zero-order valence-corrected chi connectivity index (χ0v) is 13.7. The van der Waals surface area contributed by atoms with Gasteiger partial charge in [-0.15, -0.1) is 13.2 Å². The number of hydroxylamine groups is 1. The molecular formula is C16H14F3N5O3. The average Bonchev–Trinajstić information content (AvgIpc) is 2.62. The number of rotatable bonds is 4. The third-order valence-corrected chi connectivity index (χ3v) is 4.65. The Morgan fingerprint density at radius 3 is 2.44 bits per heavy atom. The van der Waals surface area contributed by atoms with E-state index in [9.17, 15) is 18.0 Å². The number of piperazine rings is 1. The molecule has 1 amide bonds. The second-order valence-corrected chi connectivity index (χ2v) is 6.20. The van der Waals surface area contributed by atoms with E-state index in [1.807, 2.05) is 9.80 Å². The number of hydrogen-bond donors (Lipinski definition) is 2. The van der Waals surface area contributed by atoms with Crippen LogP contribution in [0.5, 0.6) is 5.75 Å². The Morgan fingerprint density at radius 1 is 1.19 bits per heavy atom. The second-order valence-electron chi connectivity index (χ2n) is 6.20. The highest BCUT2D eigenvalue weighted by Crippen LogP contribution is 2.40. The van der Waals surface area contributed by atoms with Crippen molar-refractivity contribution in [1.82, 2.24) is 15.4 Å². The molecule has 27 heavy (non-hydrogen) atoms. The molecule has 0 aliphatic carbocycles. The monoisotopic (exact) mass is 381 g/mol. The predicted molar refractivity (Wildman–Crippen MR) is 86.7 cm³/mol. The van der Waals surface area contributed by atoms with Gasteiger partial charge in [0.1, 0.15) is 5.75 Å². The minimum absolute atomic E-state index is 0.134. The minimum atomic E-state index is -4.72. The fourth-order valence-electron chi connectivity index (χ4n) is 3.29. The van der Waals surface area contributed by atoms with Crippen molar-refractivity contribution >= 4 is 17.5 Å². The molecule has 0 bridgehead atoms. The number of alkyl halides is 3. The van der Waals surface area contributed by atoms with E-state index in [-0.39, 0.29) is 23.4 Å². The molecule has 2 saturated heterocycles. The third kappa shape index (κ3) is 3.21. The van der Waals surface area contributed by atoms with E-state index in [2.05, 4.69) is 14.7 Å². The normalized spacial score (nSPS) is 21.0. The molecule has 2 aliphatic rings. The Bertz CT molecular complexity index is 861. The molecule has 0 radical (unpaired) electrons. The zero-order valence-electron chi connectivity index (χ0n) is 13.7. The molecule has 4 rings (SSSR count). The summed E-state index contributed by atoms with van der Waals surface area (Å²) in [4.78, 5) is 23.5. The maximum absolute atomic E-state index is 12.4. The van der Waals surface area contributed by atoms with Crippen LogP contribution >= 0.6 is 0 Å². The number of ether oxygens (including phenoxy) is 1. The Labute approximate surface area is 151 Å². The number of carbonyl (C=O) groups excluding carboxylic acids is 1. The van der Waals surface area contributed by atoms with Crippen LogP contribution in [0.1, 0.15) is 10.4 Å². The number of benzene rings is 1. The molecule has 8 nitrogen and oxygen atoms in total. The van der Waals surface area contributed by atoms with E-state index in [0.29, 0.717) is 24.7 Å². The molecule has 1 aromatic carbocycles. The van der Waals surface area contributed by atoms with Gasteiger partial charge in [-0.2, -0.15) is 0 Å². The van der Waals surface area contributed by atoms with Crippen molar-refractivity contribution in [1.29, 1.82) is 0 Å². The van der Waals surface area contributed by atoms with E-state index in [4.69, 9.17) is 5.21 Å². The highest BCUT2D eigenvalue weighted by molar-refractivity contribution is 5.92. The number of anilines is 2. The average molecular weight is 381 g/mol. The van der Waals surface area contributed by atoms with Crippen LogP contribution in [-0.4, -0.2) is 52.6 Å². The number of amides is 1. The van der Waals surface area contributed by atoms with Crippen LogP contribution in [0.4, 0.5) is 24.8 Å². The number of nitrogens with one attached hydrogen (secondary N) is 1. The van der Waals surface area contributed by atoms with E-state index >= 15 is 0 Å². The highest BCUT2D eigenvalue weighted by atomic mass is 19.4. The lowest BCUT2D eigenvalue weighted by Gasteiger charge is -2.62. The molecule has 0 saturated carbocycles. The van der Waals surface area contributed by atoms with Crippen molar-refractivity contribution in [3.63, 3.8) is 0 Å². The van der Waals surface area contributed by atoms with Gasteiger partial charge in [0.25, 0.3) is 5.91 Å². The van der Waals surface area contributed by atoms with Crippen molar-refractivity contribution in [2.45, 2.75) is 18.4 Å². The number of halogens is 3. The fraction of sp³-hybridized carbons (Fsp3) is 0.312. The minimum Gasteiger partial charge on any atom is -0.406 e. The summed E-state index contributed by atoms with van der Waals surface area (Å²) in [5.74, 6) is -0.487. The van der Waals surface area contributed by atoms with E-state index in [1.54, 1.807) is 6.07 Å². The number of carbonyl (C=O) groups is 1. The molecule has 2 N–H and O–H groups in total. The quantitative estimate of drug-likeness (QED) is 0.614. The first-order valence-corrected chi connectivity index (χ1v) is 8.01. The Kier molecular flexibility index (Phi) is 4.02.